The van der Waals surface area contributed by atoms with Crippen molar-refractivity contribution in [2.75, 3.05) is 19.6 Å². The van der Waals surface area contributed by atoms with E-state index in [1.54, 1.807) is 6.92 Å². The second kappa shape index (κ2) is 8.32. The number of carbonyl (C=O) groups is 2. The first-order valence-electron chi connectivity index (χ1n) is 9.22. The van der Waals surface area contributed by atoms with Gasteiger partial charge in [-0.1, -0.05) is 34.6 Å². The van der Waals surface area contributed by atoms with Crippen LogP contribution in [0.2, 0.25) is 0 Å². The van der Waals surface area contributed by atoms with Gasteiger partial charge in [-0.3, -0.25) is 9.59 Å². The molecule has 0 aromatic heterocycles. The average molecular weight is 341 g/mol. The first kappa shape index (κ1) is 20.9. The van der Waals surface area contributed by atoms with E-state index in [4.69, 9.17) is 0 Å². The van der Waals surface area contributed by atoms with Crippen molar-refractivity contribution in [2.45, 2.75) is 72.8 Å². The van der Waals surface area contributed by atoms with Crippen LogP contribution in [0.3, 0.4) is 0 Å². The Kier molecular flexibility index (Phi) is 7.26. The Morgan fingerprint density at radius 1 is 1.25 bits per heavy atom. The molecule has 24 heavy (non-hydrogen) atoms. The zero-order valence-electron chi connectivity index (χ0n) is 16.3. The predicted octanol–water partition coefficient (Wildman–Crippen LogP) is 2.57. The zero-order chi connectivity index (χ0) is 18.5. The van der Waals surface area contributed by atoms with E-state index in [9.17, 15) is 14.7 Å². The number of likely N-dealkylation sites (tertiary alicyclic amines) is 1. The first-order valence-corrected chi connectivity index (χ1v) is 9.22. The fraction of sp³-hybridized carbons (Fsp3) is 0.895. The van der Waals surface area contributed by atoms with Crippen LogP contribution in [0.25, 0.3) is 0 Å². The smallest absolute Gasteiger partial charge is 0.227 e. The highest BCUT2D eigenvalue weighted by Gasteiger charge is 2.34. The molecule has 1 fully saturated rings. The summed E-state index contributed by atoms with van der Waals surface area (Å²) in [5.41, 5.74) is -1.30. The number of hydrogen-bond acceptors (Lipinski definition) is 3. The minimum Gasteiger partial charge on any atom is -0.388 e. The summed E-state index contributed by atoms with van der Waals surface area (Å²) < 4.78 is 0. The molecule has 0 bridgehead atoms. The lowest BCUT2D eigenvalue weighted by atomic mass is 9.90. The standard InChI is InChI=1S/C19H36N2O3/c1-14(2)9-10-19(6,24)13-20-16(22)15-8-7-11-21(12-15)17(23)18(3,4)5/h14-15,24H,7-13H2,1-6H3,(H,20,22). The Morgan fingerprint density at radius 3 is 2.42 bits per heavy atom. The fourth-order valence-corrected chi connectivity index (χ4v) is 2.96. The second-order valence-electron chi connectivity index (χ2n) is 8.99. The van der Waals surface area contributed by atoms with E-state index < -0.39 is 11.0 Å². The summed E-state index contributed by atoms with van der Waals surface area (Å²) >= 11 is 0. The summed E-state index contributed by atoms with van der Waals surface area (Å²) in [5, 5.41) is 13.3. The first-order chi connectivity index (χ1) is 10.9. The molecule has 2 amide bonds. The maximum Gasteiger partial charge on any atom is 0.227 e. The minimum absolute atomic E-state index is 0.0498. The van der Waals surface area contributed by atoms with Crippen molar-refractivity contribution in [1.82, 2.24) is 10.2 Å². The monoisotopic (exact) mass is 340 g/mol. The van der Waals surface area contributed by atoms with Gasteiger partial charge in [0.15, 0.2) is 0 Å². The van der Waals surface area contributed by atoms with Gasteiger partial charge in [-0.2, -0.15) is 0 Å². The molecule has 0 aromatic rings. The van der Waals surface area contributed by atoms with E-state index in [2.05, 4.69) is 19.2 Å². The van der Waals surface area contributed by atoms with Crippen LogP contribution >= 0.6 is 0 Å². The van der Waals surface area contributed by atoms with Crippen molar-refractivity contribution in [3.8, 4) is 0 Å². The third kappa shape index (κ3) is 6.80. The van der Waals surface area contributed by atoms with Crippen LogP contribution in [-0.4, -0.2) is 47.1 Å². The molecule has 1 aliphatic heterocycles. The molecule has 5 heteroatoms. The highest BCUT2D eigenvalue weighted by Crippen LogP contribution is 2.24. The normalized spacial score (nSPS) is 21.5. The van der Waals surface area contributed by atoms with Gasteiger partial charge in [0.2, 0.25) is 11.8 Å². The molecule has 1 rings (SSSR count). The molecule has 5 nitrogen and oxygen atoms in total. The van der Waals surface area contributed by atoms with Crippen molar-refractivity contribution in [2.24, 2.45) is 17.3 Å². The van der Waals surface area contributed by atoms with Crippen LogP contribution < -0.4 is 5.32 Å². The Balaban J connectivity index is 2.51. The van der Waals surface area contributed by atoms with Crippen molar-refractivity contribution in [3.05, 3.63) is 0 Å². The molecule has 0 spiro atoms. The van der Waals surface area contributed by atoms with Crippen LogP contribution in [0.15, 0.2) is 0 Å². The molecule has 0 aromatic carbocycles. The van der Waals surface area contributed by atoms with E-state index in [1.807, 2.05) is 25.7 Å². The highest BCUT2D eigenvalue weighted by molar-refractivity contribution is 5.83. The van der Waals surface area contributed by atoms with Gasteiger partial charge in [0.1, 0.15) is 0 Å². The number of piperidine rings is 1. The molecule has 1 saturated heterocycles. The number of hydrogen-bond donors (Lipinski definition) is 2. The minimum atomic E-state index is -0.879. The fourth-order valence-electron chi connectivity index (χ4n) is 2.96. The number of aliphatic hydroxyl groups is 1. The molecule has 2 unspecified atom stereocenters. The van der Waals surface area contributed by atoms with Gasteiger partial charge in [-0.25, -0.2) is 0 Å². The SMILES string of the molecule is CC(C)CCC(C)(O)CNC(=O)C1CCCN(C(=O)C(C)(C)C)C1. The quantitative estimate of drug-likeness (QED) is 0.781. The second-order valence-corrected chi connectivity index (χ2v) is 8.99. The number of carbonyl (C=O) groups excluding carboxylic acids is 2. The molecule has 1 aliphatic rings. The molecule has 140 valence electrons. The van der Waals surface area contributed by atoms with Gasteiger partial charge < -0.3 is 15.3 Å². The number of amides is 2. The van der Waals surface area contributed by atoms with Gasteiger partial charge >= 0.3 is 0 Å². The van der Waals surface area contributed by atoms with E-state index >= 15 is 0 Å². The summed E-state index contributed by atoms with van der Waals surface area (Å²) in [6.45, 7) is 13.2. The van der Waals surface area contributed by atoms with Crippen molar-refractivity contribution < 1.29 is 14.7 Å². The topological polar surface area (TPSA) is 69.6 Å². The molecule has 0 aliphatic carbocycles. The van der Waals surface area contributed by atoms with Crippen molar-refractivity contribution >= 4 is 11.8 Å². The molecule has 2 N–H and O–H groups in total. The maximum absolute atomic E-state index is 12.4. The molecule has 0 radical (unpaired) electrons. The molecular formula is C19H36N2O3. The van der Waals surface area contributed by atoms with Gasteiger partial charge in [-0.15, -0.1) is 0 Å². The highest BCUT2D eigenvalue weighted by atomic mass is 16.3. The van der Waals surface area contributed by atoms with Crippen LogP contribution in [0.5, 0.6) is 0 Å². The molecular weight excluding hydrogens is 304 g/mol. The summed E-state index contributed by atoms with van der Waals surface area (Å²) in [4.78, 5) is 26.7. The Morgan fingerprint density at radius 2 is 1.88 bits per heavy atom. The number of nitrogens with one attached hydrogen (secondary N) is 1. The Labute approximate surface area is 147 Å². The average Bonchev–Trinajstić information content (AvgIpc) is 2.49. The van der Waals surface area contributed by atoms with Gasteiger partial charge in [0.05, 0.1) is 11.5 Å². The summed E-state index contributed by atoms with van der Waals surface area (Å²) in [6, 6.07) is 0. The van der Waals surface area contributed by atoms with Crippen LogP contribution in [0.4, 0.5) is 0 Å². The van der Waals surface area contributed by atoms with Crippen molar-refractivity contribution in [3.63, 3.8) is 0 Å². The zero-order valence-corrected chi connectivity index (χ0v) is 16.3. The Hall–Kier alpha value is -1.10. The third-order valence-electron chi connectivity index (χ3n) is 4.62. The van der Waals surface area contributed by atoms with E-state index in [0.717, 1.165) is 25.8 Å². The summed E-state index contributed by atoms with van der Waals surface area (Å²) in [5.74, 6) is 0.406. The summed E-state index contributed by atoms with van der Waals surface area (Å²) in [6.07, 6.45) is 3.25. The number of nitrogens with zero attached hydrogens (tertiary/aromatic N) is 1. The molecule has 1 heterocycles. The lowest BCUT2D eigenvalue weighted by molar-refractivity contribution is -0.143. The number of rotatable bonds is 6. The van der Waals surface area contributed by atoms with E-state index in [0.29, 0.717) is 18.9 Å². The lowest BCUT2D eigenvalue weighted by Crippen LogP contribution is -2.50. The summed E-state index contributed by atoms with van der Waals surface area (Å²) in [7, 11) is 0. The maximum atomic E-state index is 12.4. The van der Waals surface area contributed by atoms with E-state index in [1.165, 1.54) is 0 Å². The van der Waals surface area contributed by atoms with Crippen LogP contribution in [0, 0.1) is 17.3 Å². The predicted molar refractivity (Wildman–Crippen MR) is 96.5 cm³/mol. The lowest BCUT2D eigenvalue weighted by Gasteiger charge is -2.36. The molecule has 2 atom stereocenters. The Bertz CT molecular complexity index is 438. The van der Waals surface area contributed by atoms with Gasteiger partial charge in [0, 0.05) is 25.0 Å². The van der Waals surface area contributed by atoms with Gasteiger partial charge in [-0.05, 0) is 38.5 Å². The van der Waals surface area contributed by atoms with Crippen LogP contribution in [0.1, 0.15) is 67.2 Å². The van der Waals surface area contributed by atoms with E-state index in [-0.39, 0.29) is 24.3 Å². The van der Waals surface area contributed by atoms with Crippen LogP contribution in [-0.2, 0) is 9.59 Å². The third-order valence-corrected chi connectivity index (χ3v) is 4.62. The molecule has 0 saturated carbocycles. The van der Waals surface area contributed by atoms with Crippen molar-refractivity contribution in [1.29, 1.82) is 0 Å². The van der Waals surface area contributed by atoms with Gasteiger partial charge in [0.25, 0.3) is 0 Å². The largest absolute Gasteiger partial charge is 0.388 e.